The van der Waals surface area contributed by atoms with Gasteiger partial charge in [0, 0.05) is 65.3 Å². The first-order valence-corrected chi connectivity index (χ1v) is 11.1. The SMILES string of the molecule is CCN1CCN(CC(C)CNC(=NC)NCc2ccccc2Cn2cccn2)CC1.I. The van der Waals surface area contributed by atoms with Crippen LogP contribution in [0.15, 0.2) is 47.7 Å². The normalized spacial score (nSPS) is 16.5. The van der Waals surface area contributed by atoms with Crippen LogP contribution in [-0.2, 0) is 13.1 Å². The summed E-state index contributed by atoms with van der Waals surface area (Å²) in [4.78, 5) is 9.51. The predicted octanol–water partition coefficient (Wildman–Crippen LogP) is 2.49. The molecule has 31 heavy (non-hydrogen) atoms. The number of nitrogens with zero attached hydrogens (tertiary/aromatic N) is 5. The average molecular weight is 540 g/mol. The van der Waals surface area contributed by atoms with Gasteiger partial charge in [-0.05, 0) is 29.7 Å². The van der Waals surface area contributed by atoms with E-state index in [1.807, 2.05) is 30.2 Å². The smallest absolute Gasteiger partial charge is 0.191 e. The Morgan fingerprint density at radius 1 is 1.06 bits per heavy atom. The van der Waals surface area contributed by atoms with E-state index in [-0.39, 0.29) is 24.0 Å². The van der Waals surface area contributed by atoms with Crippen LogP contribution in [-0.4, -0.2) is 78.4 Å². The fourth-order valence-corrected chi connectivity index (χ4v) is 3.92. The molecule has 0 saturated carbocycles. The summed E-state index contributed by atoms with van der Waals surface area (Å²) in [6.45, 7) is 14.0. The van der Waals surface area contributed by atoms with Crippen LogP contribution < -0.4 is 10.6 Å². The third-order valence-electron chi connectivity index (χ3n) is 5.78. The second-order valence-electron chi connectivity index (χ2n) is 8.12. The molecule has 1 aliphatic heterocycles. The van der Waals surface area contributed by atoms with E-state index in [2.05, 4.69) is 68.6 Å². The quantitative estimate of drug-likeness (QED) is 0.292. The van der Waals surface area contributed by atoms with Crippen molar-refractivity contribution in [3.63, 3.8) is 0 Å². The number of hydrogen-bond acceptors (Lipinski definition) is 4. The fraction of sp³-hybridized carbons (Fsp3) is 0.565. The number of hydrogen-bond donors (Lipinski definition) is 2. The van der Waals surface area contributed by atoms with Crippen LogP contribution in [0.25, 0.3) is 0 Å². The number of aromatic nitrogens is 2. The van der Waals surface area contributed by atoms with E-state index in [4.69, 9.17) is 0 Å². The summed E-state index contributed by atoms with van der Waals surface area (Å²) in [5.74, 6) is 1.43. The molecule has 0 amide bonds. The van der Waals surface area contributed by atoms with E-state index >= 15 is 0 Å². The lowest BCUT2D eigenvalue weighted by atomic mass is 10.1. The summed E-state index contributed by atoms with van der Waals surface area (Å²) in [7, 11) is 1.83. The topological polar surface area (TPSA) is 60.7 Å². The van der Waals surface area contributed by atoms with Crippen LogP contribution >= 0.6 is 24.0 Å². The van der Waals surface area contributed by atoms with Gasteiger partial charge in [-0.3, -0.25) is 9.67 Å². The lowest BCUT2D eigenvalue weighted by Crippen LogP contribution is -2.48. The molecule has 2 aromatic rings. The van der Waals surface area contributed by atoms with Crippen LogP contribution in [0.1, 0.15) is 25.0 Å². The monoisotopic (exact) mass is 539 g/mol. The summed E-state index contributed by atoms with van der Waals surface area (Å²) < 4.78 is 1.95. The molecule has 1 aliphatic rings. The first-order chi connectivity index (χ1) is 14.7. The lowest BCUT2D eigenvalue weighted by molar-refractivity contribution is 0.124. The van der Waals surface area contributed by atoms with Gasteiger partial charge in [-0.1, -0.05) is 38.1 Å². The molecule has 1 aromatic carbocycles. The minimum absolute atomic E-state index is 0. The molecule has 2 heterocycles. The second-order valence-corrected chi connectivity index (χ2v) is 8.12. The van der Waals surface area contributed by atoms with Crippen LogP contribution in [0.4, 0.5) is 0 Å². The molecule has 3 rings (SSSR count). The molecule has 1 unspecified atom stereocenters. The van der Waals surface area contributed by atoms with Crippen LogP contribution in [0.2, 0.25) is 0 Å². The van der Waals surface area contributed by atoms with E-state index in [0.29, 0.717) is 5.92 Å². The number of aliphatic imine (C=N–C) groups is 1. The lowest BCUT2D eigenvalue weighted by Gasteiger charge is -2.35. The highest BCUT2D eigenvalue weighted by atomic mass is 127. The first-order valence-electron chi connectivity index (χ1n) is 11.1. The zero-order chi connectivity index (χ0) is 21.2. The van der Waals surface area contributed by atoms with Crippen molar-refractivity contribution in [2.24, 2.45) is 10.9 Å². The first kappa shape index (κ1) is 25.6. The molecule has 0 aliphatic carbocycles. The molecule has 0 spiro atoms. The maximum absolute atomic E-state index is 4.40. The summed E-state index contributed by atoms with van der Waals surface area (Å²) >= 11 is 0. The average Bonchev–Trinajstić information content (AvgIpc) is 3.28. The third-order valence-corrected chi connectivity index (χ3v) is 5.78. The van der Waals surface area contributed by atoms with Gasteiger partial charge in [0.1, 0.15) is 0 Å². The fourth-order valence-electron chi connectivity index (χ4n) is 3.92. The summed E-state index contributed by atoms with van der Waals surface area (Å²) in [6.07, 6.45) is 3.81. The predicted molar refractivity (Wildman–Crippen MR) is 139 cm³/mol. The summed E-state index contributed by atoms with van der Waals surface area (Å²) in [5, 5.41) is 11.3. The Labute approximate surface area is 204 Å². The highest BCUT2D eigenvalue weighted by Gasteiger charge is 2.17. The maximum Gasteiger partial charge on any atom is 0.191 e. The van der Waals surface area contributed by atoms with Gasteiger partial charge in [0.2, 0.25) is 0 Å². The Morgan fingerprint density at radius 3 is 2.42 bits per heavy atom. The van der Waals surface area contributed by atoms with E-state index in [9.17, 15) is 0 Å². The molecule has 7 nitrogen and oxygen atoms in total. The van der Waals surface area contributed by atoms with Crippen molar-refractivity contribution in [1.29, 1.82) is 0 Å². The number of halogens is 1. The highest BCUT2D eigenvalue weighted by molar-refractivity contribution is 14.0. The van der Waals surface area contributed by atoms with Crippen molar-refractivity contribution in [3.05, 3.63) is 53.9 Å². The number of likely N-dealkylation sites (N-methyl/N-ethyl adjacent to an activating group) is 1. The largest absolute Gasteiger partial charge is 0.356 e. The van der Waals surface area contributed by atoms with Gasteiger partial charge < -0.3 is 20.4 Å². The molecular formula is C23H38IN7. The number of piperazine rings is 1. The van der Waals surface area contributed by atoms with Gasteiger partial charge in [-0.2, -0.15) is 5.10 Å². The number of guanidine groups is 1. The van der Waals surface area contributed by atoms with E-state index in [1.165, 1.54) is 37.3 Å². The molecule has 1 saturated heterocycles. The Morgan fingerprint density at radius 2 is 1.77 bits per heavy atom. The van der Waals surface area contributed by atoms with Crippen molar-refractivity contribution in [2.45, 2.75) is 26.9 Å². The van der Waals surface area contributed by atoms with Crippen LogP contribution in [0.3, 0.4) is 0 Å². The Hall–Kier alpha value is -1.65. The third kappa shape index (κ3) is 8.42. The van der Waals surface area contributed by atoms with Gasteiger partial charge >= 0.3 is 0 Å². The van der Waals surface area contributed by atoms with E-state index in [1.54, 1.807) is 0 Å². The Balaban J connectivity index is 0.00000341. The Bertz CT molecular complexity index is 770. The molecule has 0 bridgehead atoms. The molecular weight excluding hydrogens is 501 g/mol. The minimum Gasteiger partial charge on any atom is -0.356 e. The van der Waals surface area contributed by atoms with Gasteiger partial charge in [-0.25, -0.2) is 0 Å². The van der Waals surface area contributed by atoms with Crippen LogP contribution in [0.5, 0.6) is 0 Å². The van der Waals surface area contributed by atoms with E-state index in [0.717, 1.165) is 38.7 Å². The van der Waals surface area contributed by atoms with Gasteiger partial charge in [0.05, 0.1) is 6.54 Å². The second kappa shape index (κ2) is 13.7. The summed E-state index contributed by atoms with van der Waals surface area (Å²) in [6, 6.07) is 10.4. The molecule has 1 atom stereocenters. The molecule has 2 N–H and O–H groups in total. The minimum atomic E-state index is 0. The Kier molecular flexibility index (Phi) is 11.3. The van der Waals surface area contributed by atoms with Crippen LogP contribution in [0, 0.1) is 5.92 Å². The molecule has 8 heteroatoms. The van der Waals surface area contributed by atoms with E-state index < -0.39 is 0 Å². The van der Waals surface area contributed by atoms with Crippen molar-refractivity contribution < 1.29 is 0 Å². The summed E-state index contributed by atoms with van der Waals surface area (Å²) in [5.41, 5.74) is 2.53. The van der Waals surface area contributed by atoms with Crippen molar-refractivity contribution in [1.82, 2.24) is 30.2 Å². The number of benzene rings is 1. The standard InChI is InChI=1S/C23H37N7.HI/c1-4-28-12-14-29(15-13-28)18-20(2)16-25-23(24-3)26-17-21-8-5-6-9-22(21)19-30-11-7-10-27-30;/h5-11,20H,4,12-19H2,1-3H3,(H2,24,25,26);1H. The zero-order valence-electron chi connectivity index (χ0n) is 19.1. The molecule has 172 valence electrons. The molecule has 1 fully saturated rings. The molecule has 0 radical (unpaired) electrons. The number of nitrogens with one attached hydrogen (secondary N) is 2. The van der Waals surface area contributed by atoms with Crippen molar-refractivity contribution >= 4 is 29.9 Å². The zero-order valence-corrected chi connectivity index (χ0v) is 21.5. The van der Waals surface area contributed by atoms with Gasteiger partial charge in [0.25, 0.3) is 0 Å². The molecule has 1 aromatic heterocycles. The van der Waals surface area contributed by atoms with Gasteiger partial charge in [-0.15, -0.1) is 24.0 Å². The van der Waals surface area contributed by atoms with Crippen molar-refractivity contribution in [3.8, 4) is 0 Å². The maximum atomic E-state index is 4.40. The number of rotatable bonds is 9. The van der Waals surface area contributed by atoms with Gasteiger partial charge in [0.15, 0.2) is 5.96 Å². The van der Waals surface area contributed by atoms with Crippen molar-refractivity contribution in [2.75, 3.05) is 52.9 Å². The highest BCUT2D eigenvalue weighted by Crippen LogP contribution is 2.10.